The Hall–Kier alpha value is -1.13. The first-order valence-electron chi connectivity index (χ1n) is 7.68. The van der Waals surface area contributed by atoms with Gasteiger partial charge < -0.3 is 10.3 Å². The molecule has 3 nitrogen and oxygen atoms in total. The van der Waals surface area contributed by atoms with Crippen LogP contribution in [0.5, 0.6) is 0 Å². The summed E-state index contributed by atoms with van der Waals surface area (Å²) in [5.74, 6) is 1.93. The Kier molecular flexibility index (Phi) is 4.87. The van der Waals surface area contributed by atoms with Crippen LogP contribution in [0.1, 0.15) is 48.8 Å². The van der Waals surface area contributed by atoms with E-state index in [1.165, 1.54) is 30.6 Å². The molecule has 3 rings (SSSR count). The zero-order valence-corrected chi connectivity index (χ0v) is 12.7. The Morgan fingerprint density at radius 1 is 1.40 bits per heavy atom. The second-order valence-corrected chi connectivity index (χ2v) is 6.61. The Morgan fingerprint density at radius 2 is 2.30 bits per heavy atom. The van der Waals surface area contributed by atoms with Crippen molar-refractivity contribution in [3.63, 3.8) is 0 Å². The van der Waals surface area contributed by atoms with Crippen LogP contribution >= 0.6 is 11.3 Å². The lowest BCUT2D eigenvalue weighted by molar-refractivity contribution is 0.370. The molecule has 0 radical (unpaired) electrons. The third-order valence-corrected chi connectivity index (χ3v) is 5.19. The van der Waals surface area contributed by atoms with E-state index in [2.05, 4.69) is 32.8 Å². The fourth-order valence-corrected chi connectivity index (χ4v) is 4.10. The standard InChI is InChI=1S/C16H23N3S/c1-2-6-13(5-1)16(14-7-4-12-20-14)19-9-3-8-15-17-10-11-18-15/h4,7,10-13,16,19H,1-3,5-6,8-9H2,(H,17,18). The molecular formula is C16H23N3S. The number of rotatable bonds is 7. The van der Waals surface area contributed by atoms with Crippen molar-refractivity contribution in [2.45, 2.75) is 44.6 Å². The normalized spacial score (nSPS) is 17.6. The fourth-order valence-electron chi connectivity index (χ4n) is 3.21. The number of hydrogen-bond donors (Lipinski definition) is 2. The minimum Gasteiger partial charge on any atom is -0.349 e. The Bertz CT molecular complexity index is 472. The van der Waals surface area contributed by atoms with E-state index in [9.17, 15) is 0 Å². The molecular weight excluding hydrogens is 266 g/mol. The molecule has 2 aromatic heterocycles. The molecule has 1 atom stereocenters. The predicted octanol–water partition coefficient (Wildman–Crippen LogP) is 3.92. The van der Waals surface area contributed by atoms with E-state index in [4.69, 9.17) is 0 Å². The van der Waals surface area contributed by atoms with Crippen molar-refractivity contribution in [1.29, 1.82) is 0 Å². The number of aromatic amines is 1. The lowest BCUT2D eigenvalue weighted by Crippen LogP contribution is -2.27. The summed E-state index contributed by atoms with van der Waals surface area (Å²) in [5, 5.41) is 5.99. The van der Waals surface area contributed by atoms with Crippen LogP contribution in [-0.2, 0) is 6.42 Å². The maximum absolute atomic E-state index is 4.28. The summed E-state index contributed by atoms with van der Waals surface area (Å²) in [6.07, 6.45) is 11.5. The van der Waals surface area contributed by atoms with E-state index >= 15 is 0 Å². The molecule has 0 bridgehead atoms. The zero-order valence-electron chi connectivity index (χ0n) is 11.8. The van der Waals surface area contributed by atoms with Gasteiger partial charge in [0.2, 0.25) is 0 Å². The second-order valence-electron chi connectivity index (χ2n) is 5.63. The van der Waals surface area contributed by atoms with Gasteiger partial charge in [-0.3, -0.25) is 0 Å². The first-order valence-corrected chi connectivity index (χ1v) is 8.56. The highest BCUT2D eigenvalue weighted by atomic mass is 32.1. The van der Waals surface area contributed by atoms with Gasteiger partial charge in [-0.2, -0.15) is 0 Å². The molecule has 1 unspecified atom stereocenters. The van der Waals surface area contributed by atoms with Crippen LogP contribution in [0.2, 0.25) is 0 Å². The number of aromatic nitrogens is 2. The van der Waals surface area contributed by atoms with Crippen LogP contribution < -0.4 is 5.32 Å². The molecule has 0 spiro atoms. The second kappa shape index (κ2) is 7.04. The van der Waals surface area contributed by atoms with E-state index in [1.807, 2.05) is 23.7 Å². The quantitative estimate of drug-likeness (QED) is 0.758. The van der Waals surface area contributed by atoms with E-state index in [1.54, 1.807) is 0 Å². The molecule has 1 saturated carbocycles. The summed E-state index contributed by atoms with van der Waals surface area (Å²) in [6, 6.07) is 5.02. The Labute approximate surface area is 124 Å². The van der Waals surface area contributed by atoms with E-state index in [0.717, 1.165) is 31.1 Å². The van der Waals surface area contributed by atoms with Crippen LogP contribution in [0.4, 0.5) is 0 Å². The van der Waals surface area contributed by atoms with Gasteiger partial charge in [-0.05, 0) is 43.2 Å². The summed E-state index contributed by atoms with van der Waals surface area (Å²) in [7, 11) is 0. The van der Waals surface area contributed by atoms with Gasteiger partial charge in [0.05, 0.1) is 0 Å². The number of imidazole rings is 1. The van der Waals surface area contributed by atoms with Gasteiger partial charge in [0.15, 0.2) is 0 Å². The summed E-state index contributed by atoms with van der Waals surface area (Å²) >= 11 is 1.89. The molecule has 1 fully saturated rings. The maximum Gasteiger partial charge on any atom is 0.106 e. The number of hydrogen-bond acceptors (Lipinski definition) is 3. The smallest absolute Gasteiger partial charge is 0.106 e. The zero-order chi connectivity index (χ0) is 13.6. The highest BCUT2D eigenvalue weighted by molar-refractivity contribution is 7.10. The van der Waals surface area contributed by atoms with Gasteiger partial charge in [0, 0.05) is 29.7 Å². The van der Waals surface area contributed by atoms with E-state index in [0.29, 0.717) is 6.04 Å². The topological polar surface area (TPSA) is 40.7 Å². The van der Waals surface area contributed by atoms with Crippen molar-refractivity contribution in [2.75, 3.05) is 6.54 Å². The van der Waals surface area contributed by atoms with Crippen LogP contribution in [0.3, 0.4) is 0 Å². The molecule has 0 amide bonds. The summed E-state index contributed by atoms with van der Waals surface area (Å²) in [5.41, 5.74) is 0. The van der Waals surface area contributed by atoms with Crippen molar-refractivity contribution < 1.29 is 0 Å². The third-order valence-electron chi connectivity index (χ3n) is 4.23. The molecule has 2 aromatic rings. The van der Waals surface area contributed by atoms with E-state index in [-0.39, 0.29) is 0 Å². The minimum absolute atomic E-state index is 0.564. The minimum atomic E-state index is 0.564. The molecule has 1 aliphatic rings. The van der Waals surface area contributed by atoms with E-state index < -0.39 is 0 Å². The van der Waals surface area contributed by atoms with Crippen LogP contribution in [0.25, 0.3) is 0 Å². The Morgan fingerprint density at radius 3 is 3.00 bits per heavy atom. The highest BCUT2D eigenvalue weighted by Gasteiger charge is 2.26. The maximum atomic E-state index is 4.28. The van der Waals surface area contributed by atoms with Crippen LogP contribution in [0.15, 0.2) is 29.9 Å². The number of thiophene rings is 1. The van der Waals surface area contributed by atoms with Gasteiger partial charge in [-0.25, -0.2) is 4.98 Å². The monoisotopic (exact) mass is 289 g/mol. The number of aryl methyl sites for hydroxylation is 1. The largest absolute Gasteiger partial charge is 0.349 e. The van der Waals surface area contributed by atoms with Crippen LogP contribution in [0, 0.1) is 5.92 Å². The summed E-state index contributed by atoms with van der Waals surface area (Å²) in [4.78, 5) is 8.96. The molecule has 4 heteroatoms. The molecule has 20 heavy (non-hydrogen) atoms. The van der Waals surface area contributed by atoms with Crippen molar-refractivity contribution >= 4 is 11.3 Å². The molecule has 0 aromatic carbocycles. The number of nitrogens with zero attached hydrogens (tertiary/aromatic N) is 1. The number of nitrogens with one attached hydrogen (secondary N) is 2. The molecule has 0 saturated heterocycles. The van der Waals surface area contributed by atoms with Gasteiger partial charge >= 0.3 is 0 Å². The van der Waals surface area contributed by atoms with Crippen molar-refractivity contribution in [2.24, 2.45) is 5.92 Å². The van der Waals surface area contributed by atoms with Gasteiger partial charge in [0.1, 0.15) is 5.82 Å². The summed E-state index contributed by atoms with van der Waals surface area (Å²) in [6.45, 7) is 1.07. The number of H-pyrrole nitrogens is 1. The lowest BCUT2D eigenvalue weighted by atomic mass is 9.96. The predicted molar refractivity (Wildman–Crippen MR) is 83.9 cm³/mol. The average Bonchev–Trinajstić information content (AvgIpc) is 3.22. The van der Waals surface area contributed by atoms with Gasteiger partial charge in [0.25, 0.3) is 0 Å². The van der Waals surface area contributed by atoms with Gasteiger partial charge in [-0.15, -0.1) is 11.3 Å². The molecule has 0 aliphatic heterocycles. The van der Waals surface area contributed by atoms with Crippen LogP contribution in [-0.4, -0.2) is 16.5 Å². The summed E-state index contributed by atoms with van der Waals surface area (Å²) < 4.78 is 0. The first kappa shape index (κ1) is 13.8. The fraction of sp³-hybridized carbons (Fsp3) is 0.562. The third kappa shape index (κ3) is 3.49. The van der Waals surface area contributed by atoms with Crippen molar-refractivity contribution in [1.82, 2.24) is 15.3 Å². The molecule has 1 aliphatic carbocycles. The molecule has 108 valence electrons. The van der Waals surface area contributed by atoms with Crippen molar-refractivity contribution in [3.05, 3.63) is 40.6 Å². The highest BCUT2D eigenvalue weighted by Crippen LogP contribution is 2.37. The molecule has 2 N–H and O–H groups in total. The molecule has 2 heterocycles. The van der Waals surface area contributed by atoms with Gasteiger partial charge in [-0.1, -0.05) is 18.9 Å². The Balaban J connectivity index is 1.51. The van der Waals surface area contributed by atoms with Crippen molar-refractivity contribution in [3.8, 4) is 0 Å². The lowest BCUT2D eigenvalue weighted by Gasteiger charge is -2.23. The SMILES string of the molecule is c1csc(C(NCCCc2ncc[nH]2)C2CCCC2)c1. The first-order chi connectivity index (χ1) is 9.93. The average molecular weight is 289 g/mol.